The van der Waals surface area contributed by atoms with Crippen molar-refractivity contribution in [1.29, 1.82) is 0 Å². The van der Waals surface area contributed by atoms with Crippen LogP contribution in [0.1, 0.15) is 32.3 Å². The van der Waals surface area contributed by atoms with E-state index in [-0.39, 0.29) is 0 Å². The Balaban J connectivity index is 2.55. The van der Waals surface area contributed by atoms with Gasteiger partial charge in [0.05, 0.1) is 5.69 Å². The average molecular weight is 247 g/mol. The first-order valence-electron chi connectivity index (χ1n) is 5.85. The SMILES string of the molecule is CCNc1ncnc(-c2ccsc2)c1C(C)C. The lowest BCUT2D eigenvalue weighted by atomic mass is 9.99. The molecule has 2 heterocycles. The van der Waals surface area contributed by atoms with Gasteiger partial charge in [-0.05, 0) is 24.3 Å². The van der Waals surface area contributed by atoms with Crippen LogP contribution in [0, 0.1) is 0 Å². The van der Waals surface area contributed by atoms with E-state index in [1.54, 1.807) is 17.7 Å². The van der Waals surface area contributed by atoms with Crippen molar-refractivity contribution in [2.24, 2.45) is 0 Å². The van der Waals surface area contributed by atoms with E-state index >= 15 is 0 Å². The Morgan fingerprint density at radius 3 is 2.76 bits per heavy atom. The Morgan fingerprint density at radius 2 is 2.18 bits per heavy atom. The van der Waals surface area contributed by atoms with Crippen molar-refractivity contribution >= 4 is 17.2 Å². The standard InChI is InChI=1S/C13H17N3S/c1-4-14-13-11(9(2)3)12(15-8-16-13)10-5-6-17-7-10/h5-9H,4H2,1-3H3,(H,14,15,16). The van der Waals surface area contributed by atoms with Crippen molar-refractivity contribution in [3.63, 3.8) is 0 Å². The quantitative estimate of drug-likeness (QED) is 0.894. The van der Waals surface area contributed by atoms with E-state index in [9.17, 15) is 0 Å². The molecule has 2 aromatic heterocycles. The summed E-state index contributed by atoms with van der Waals surface area (Å²) in [4.78, 5) is 8.78. The molecular formula is C13H17N3S. The molecule has 2 rings (SSSR count). The highest BCUT2D eigenvalue weighted by Gasteiger charge is 2.15. The van der Waals surface area contributed by atoms with Crippen LogP contribution in [0.2, 0.25) is 0 Å². The Hall–Kier alpha value is -1.42. The molecule has 0 aliphatic heterocycles. The molecule has 1 N–H and O–H groups in total. The molecule has 0 radical (unpaired) electrons. The fourth-order valence-corrected chi connectivity index (χ4v) is 2.52. The van der Waals surface area contributed by atoms with Crippen LogP contribution < -0.4 is 5.32 Å². The lowest BCUT2D eigenvalue weighted by Crippen LogP contribution is -2.07. The Kier molecular flexibility index (Phi) is 3.74. The van der Waals surface area contributed by atoms with Crippen LogP contribution in [0.15, 0.2) is 23.2 Å². The summed E-state index contributed by atoms with van der Waals surface area (Å²) in [5.41, 5.74) is 3.43. The zero-order valence-electron chi connectivity index (χ0n) is 10.4. The van der Waals surface area contributed by atoms with Gasteiger partial charge >= 0.3 is 0 Å². The summed E-state index contributed by atoms with van der Waals surface area (Å²) in [5.74, 6) is 1.36. The molecule has 0 unspecified atom stereocenters. The van der Waals surface area contributed by atoms with E-state index in [1.165, 1.54) is 11.1 Å². The second-order valence-electron chi connectivity index (χ2n) is 4.18. The van der Waals surface area contributed by atoms with Gasteiger partial charge in [0.2, 0.25) is 0 Å². The van der Waals surface area contributed by atoms with E-state index in [2.05, 4.69) is 52.9 Å². The number of aromatic nitrogens is 2. The lowest BCUT2D eigenvalue weighted by molar-refractivity contribution is 0.849. The molecule has 3 nitrogen and oxygen atoms in total. The van der Waals surface area contributed by atoms with Gasteiger partial charge in [0.1, 0.15) is 12.1 Å². The maximum Gasteiger partial charge on any atom is 0.133 e. The molecule has 0 amide bonds. The first-order chi connectivity index (χ1) is 8.24. The molecule has 0 aliphatic rings. The molecule has 2 aromatic rings. The molecule has 0 aromatic carbocycles. The highest BCUT2D eigenvalue weighted by Crippen LogP contribution is 2.32. The highest BCUT2D eigenvalue weighted by molar-refractivity contribution is 7.08. The minimum atomic E-state index is 0.403. The number of hydrogen-bond acceptors (Lipinski definition) is 4. The summed E-state index contributed by atoms with van der Waals surface area (Å²) in [6.45, 7) is 7.31. The van der Waals surface area contributed by atoms with E-state index < -0.39 is 0 Å². The van der Waals surface area contributed by atoms with Gasteiger partial charge in [0.15, 0.2) is 0 Å². The van der Waals surface area contributed by atoms with Gasteiger partial charge in [0.25, 0.3) is 0 Å². The minimum Gasteiger partial charge on any atom is -0.370 e. The zero-order valence-corrected chi connectivity index (χ0v) is 11.2. The summed E-state index contributed by atoms with van der Waals surface area (Å²) in [6.07, 6.45) is 1.64. The predicted molar refractivity (Wildman–Crippen MR) is 73.6 cm³/mol. The molecule has 0 saturated heterocycles. The van der Waals surface area contributed by atoms with Crippen LogP contribution in [-0.4, -0.2) is 16.5 Å². The Morgan fingerprint density at radius 1 is 1.35 bits per heavy atom. The maximum atomic E-state index is 4.44. The zero-order chi connectivity index (χ0) is 12.3. The fourth-order valence-electron chi connectivity index (χ4n) is 1.88. The number of hydrogen-bond donors (Lipinski definition) is 1. The van der Waals surface area contributed by atoms with Crippen LogP contribution in [0.5, 0.6) is 0 Å². The normalized spacial score (nSPS) is 10.8. The van der Waals surface area contributed by atoms with Crippen molar-refractivity contribution in [2.45, 2.75) is 26.7 Å². The van der Waals surface area contributed by atoms with Gasteiger partial charge in [-0.25, -0.2) is 9.97 Å². The van der Waals surface area contributed by atoms with Crippen LogP contribution in [-0.2, 0) is 0 Å². The number of anilines is 1. The smallest absolute Gasteiger partial charge is 0.133 e. The van der Waals surface area contributed by atoms with E-state index in [0.29, 0.717) is 5.92 Å². The molecule has 0 spiro atoms. The summed E-state index contributed by atoms with van der Waals surface area (Å²) in [6, 6.07) is 2.11. The highest BCUT2D eigenvalue weighted by atomic mass is 32.1. The number of thiophene rings is 1. The van der Waals surface area contributed by atoms with Crippen LogP contribution >= 0.6 is 11.3 Å². The minimum absolute atomic E-state index is 0.403. The molecule has 90 valence electrons. The van der Waals surface area contributed by atoms with Gasteiger partial charge in [0, 0.05) is 23.1 Å². The summed E-state index contributed by atoms with van der Waals surface area (Å²) in [5, 5.41) is 7.52. The van der Waals surface area contributed by atoms with E-state index in [0.717, 1.165) is 18.1 Å². The van der Waals surface area contributed by atoms with Gasteiger partial charge in [-0.15, -0.1) is 0 Å². The van der Waals surface area contributed by atoms with Crippen molar-refractivity contribution in [3.8, 4) is 11.3 Å². The molecular weight excluding hydrogens is 230 g/mol. The molecule has 0 atom stereocenters. The van der Waals surface area contributed by atoms with Gasteiger partial charge in [-0.1, -0.05) is 13.8 Å². The second kappa shape index (κ2) is 5.27. The summed E-state index contributed by atoms with van der Waals surface area (Å²) in [7, 11) is 0. The molecule has 0 fully saturated rings. The lowest BCUT2D eigenvalue weighted by Gasteiger charge is -2.15. The van der Waals surface area contributed by atoms with Crippen molar-refractivity contribution in [3.05, 3.63) is 28.7 Å². The molecule has 4 heteroatoms. The van der Waals surface area contributed by atoms with Crippen molar-refractivity contribution in [2.75, 3.05) is 11.9 Å². The molecule has 0 aliphatic carbocycles. The largest absolute Gasteiger partial charge is 0.370 e. The topological polar surface area (TPSA) is 37.8 Å². The third-order valence-electron chi connectivity index (χ3n) is 2.60. The Bertz CT molecular complexity index is 477. The average Bonchev–Trinajstić information content (AvgIpc) is 2.82. The third kappa shape index (κ3) is 2.47. The molecule has 0 bridgehead atoms. The van der Waals surface area contributed by atoms with Crippen LogP contribution in [0.4, 0.5) is 5.82 Å². The van der Waals surface area contributed by atoms with Crippen LogP contribution in [0.25, 0.3) is 11.3 Å². The summed E-state index contributed by atoms with van der Waals surface area (Å²) >= 11 is 1.69. The number of nitrogens with zero attached hydrogens (tertiary/aromatic N) is 2. The predicted octanol–water partition coefficient (Wildman–Crippen LogP) is 3.76. The maximum absolute atomic E-state index is 4.44. The van der Waals surface area contributed by atoms with Crippen molar-refractivity contribution < 1.29 is 0 Å². The van der Waals surface area contributed by atoms with Gasteiger partial charge in [-0.2, -0.15) is 11.3 Å². The first kappa shape index (κ1) is 12.0. The van der Waals surface area contributed by atoms with Crippen LogP contribution in [0.3, 0.4) is 0 Å². The van der Waals surface area contributed by atoms with Gasteiger partial charge < -0.3 is 5.32 Å². The van der Waals surface area contributed by atoms with E-state index in [4.69, 9.17) is 0 Å². The number of nitrogens with one attached hydrogen (secondary N) is 1. The molecule has 0 saturated carbocycles. The summed E-state index contributed by atoms with van der Waals surface area (Å²) < 4.78 is 0. The fraction of sp³-hybridized carbons (Fsp3) is 0.385. The van der Waals surface area contributed by atoms with Gasteiger partial charge in [-0.3, -0.25) is 0 Å². The van der Waals surface area contributed by atoms with Crippen molar-refractivity contribution in [1.82, 2.24) is 9.97 Å². The first-order valence-corrected chi connectivity index (χ1v) is 6.79. The van der Waals surface area contributed by atoms with E-state index in [1.807, 2.05) is 0 Å². The number of rotatable bonds is 4. The second-order valence-corrected chi connectivity index (χ2v) is 4.96. The third-order valence-corrected chi connectivity index (χ3v) is 3.28. The molecule has 17 heavy (non-hydrogen) atoms. The monoisotopic (exact) mass is 247 g/mol. The Labute approximate surface area is 106 Å².